The Bertz CT molecular complexity index is 557. The summed E-state index contributed by atoms with van der Waals surface area (Å²) in [7, 11) is 3.31. The van der Waals surface area contributed by atoms with Gasteiger partial charge in [0, 0.05) is 39.3 Å². The van der Waals surface area contributed by atoms with Crippen LogP contribution in [0.2, 0.25) is 0 Å². The molecule has 6 nitrogen and oxygen atoms in total. The van der Waals surface area contributed by atoms with Crippen LogP contribution in [0.25, 0.3) is 0 Å². The Kier molecular flexibility index (Phi) is 8.71. The van der Waals surface area contributed by atoms with Crippen molar-refractivity contribution in [3.63, 3.8) is 0 Å². The van der Waals surface area contributed by atoms with Gasteiger partial charge >= 0.3 is 0 Å². The van der Waals surface area contributed by atoms with E-state index < -0.39 is 0 Å². The average molecular weight is 364 g/mol. The quantitative estimate of drug-likeness (QED) is 0.646. The number of hydrogen-bond donors (Lipinski definition) is 1. The predicted octanol–water partition coefficient (Wildman–Crippen LogP) is 2.13. The Labute approximate surface area is 157 Å². The monoisotopic (exact) mass is 363 g/mol. The first-order chi connectivity index (χ1) is 12.7. The molecule has 26 heavy (non-hydrogen) atoms. The molecule has 1 saturated heterocycles. The van der Waals surface area contributed by atoms with Gasteiger partial charge in [-0.05, 0) is 24.1 Å². The average Bonchev–Trinajstić information content (AvgIpc) is 2.66. The Hall–Kier alpha value is -1.79. The third kappa shape index (κ3) is 6.50. The van der Waals surface area contributed by atoms with E-state index in [1.807, 2.05) is 12.1 Å². The van der Waals surface area contributed by atoms with Crippen molar-refractivity contribution in [1.29, 1.82) is 0 Å². The number of carbonyl (C=O) groups is 1. The second kappa shape index (κ2) is 11.0. The van der Waals surface area contributed by atoms with Crippen molar-refractivity contribution in [2.24, 2.45) is 0 Å². The summed E-state index contributed by atoms with van der Waals surface area (Å²) in [4.78, 5) is 16.6. The maximum Gasteiger partial charge on any atom is 0.234 e. The molecule has 1 aromatic carbocycles. The van der Waals surface area contributed by atoms with E-state index in [-0.39, 0.29) is 5.91 Å². The largest absolute Gasteiger partial charge is 0.493 e. The summed E-state index contributed by atoms with van der Waals surface area (Å²) in [6.45, 7) is 8.16. The number of methoxy groups -OCH3 is 2. The number of hydrogen-bond acceptors (Lipinski definition) is 5. The van der Waals surface area contributed by atoms with Crippen LogP contribution in [0.1, 0.15) is 31.7 Å². The van der Waals surface area contributed by atoms with E-state index in [9.17, 15) is 4.79 Å². The fourth-order valence-corrected chi connectivity index (χ4v) is 3.20. The number of piperazine rings is 1. The lowest BCUT2D eigenvalue weighted by Gasteiger charge is -2.34. The van der Waals surface area contributed by atoms with E-state index in [0.717, 1.165) is 57.2 Å². The van der Waals surface area contributed by atoms with Gasteiger partial charge in [-0.2, -0.15) is 0 Å². The van der Waals surface area contributed by atoms with Crippen molar-refractivity contribution >= 4 is 5.91 Å². The number of unbranched alkanes of at least 4 members (excludes halogenated alkanes) is 2. The fourth-order valence-electron chi connectivity index (χ4n) is 3.20. The summed E-state index contributed by atoms with van der Waals surface area (Å²) in [5, 5.41) is 3.02. The zero-order valence-corrected chi connectivity index (χ0v) is 16.4. The molecular formula is C20H33N3O3. The lowest BCUT2D eigenvalue weighted by molar-refractivity contribution is -0.122. The molecule has 2 rings (SSSR count). The van der Waals surface area contributed by atoms with E-state index in [4.69, 9.17) is 9.47 Å². The van der Waals surface area contributed by atoms with Gasteiger partial charge in [0.1, 0.15) is 0 Å². The smallest absolute Gasteiger partial charge is 0.234 e. The number of benzene rings is 1. The van der Waals surface area contributed by atoms with Gasteiger partial charge in [-0.15, -0.1) is 0 Å². The molecule has 1 aromatic rings. The van der Waals surface area contributed by atoms with Crippen molar-refractivity contribution < 1.29 is 14.3 Å². The van der Waals surface area contributed by atoms with Gasteiger partial charge in [0.15, 0.2) is 11.5 Å². The summed E-state index contributed by atoms with van der Waals surface area (Å²) >= 11 is 0. The predicted molar refractivity (Wildman–Crippen MR) is 104 cm³/mol. The first-order valence-electron chi connectivity index (χ1n) is 9.58. The Morgan fingerprint density at radius 3 is 2.38 bits per heavy atom. The van der Waals surface area contributed by atoms with Gasteiger partial charge in [0.05, 0.1) is 20.8 Å². The number of rotatable bonds is 10. The molecule has 1 heterocycles. The SMILES string of the molecule is CCCCCNC(=O)CN1CCN(Cc2ccc(OC)c(OC)c2)CC1. The summed E-state index contributed by atoms with van der Waals surface area (Å²) < 4.78 is 10.7. The maximum absolute atomic E-state index is 12.0. The molecule has 0 spiro atoms. The van der Waals surface area contributed by atoms with Crippen LogP contribution in [0, 0.1) is 0 Å². The van der Waals surface area contributed by atoms with Crippen LogP contribution in [0.3, 0.4) is 0 Å². The molecule has 1 N–H and O–H groups in total. The molecule has 0 atom stereocenters. The van der Waals surface area contributed by atoms with Crippen molar-refractivity contribution in [1.82, 2.24) is 15.1 Å². The highest BCUT2D eigenvalue weighted by Gasteiger charge is 2.19. The maximum atomic E-state index is 12.0. The molecule has 0 radical (unpaired) electrons. The highest BCUT2D eigenvalue weighted by molar-refractivity contribution is 5.77. The van der Waals surface area contributed by atoms with Crippen LogP contribution in [-0.2, 0) is 11.3 Å². The van der Waals surface area contributed by atoms with Crippen molar-refractivity contribution in [3.05, 3.63) is 23.8 Å². The minimum atomic E-state index is 0.148. The first-order valence-corrected chi connectivity index (χ1v) is 9.58. The molecule has 0 aromatic heterocycles. The third-order valence-corrected chi connectivity index (χ3v) is 4.79. The highest BCUT2D eigenvalue weighted by atomic mass is 16.5. The van der Waals surface area contributed by atoms with E-state index in [1.165, 1.54) is 18.4 Å². The summed E-state index contributed by atoms with van der Waals surface area (Å²) in [5.74, 6) is 1.67. The molecule has 1 aliphatic heterocycles. The van der Waals surface area contributed by atoms with Crippen molar-refractivity contribution in [3.8, 4) is 11.5 Å². The minimum Gasteiger partial charge on any atom is -0.493 e. The second-order valence-corrected chi connectivity index (χ2v) is 6.80. The van der Waals surface area contributed by atoms with Crippen molar-refractivity contribution in [2.45, 2.75) is 32.7 Å². The zero-order chi connectivity index (χ0) is 18.8. The molecule has 1 aliphatic rings. The van der Waals surface area contributed by atoms with E-state index >= 15 is 0 Å². The van der Waals surface area contributed by atoms with Gasteiger partial charge in [-0.25, -0.2) is 0 Å². The molecule has 146 valence electrons. The number of carbonyl (C=O) groups excluding carboxylic acids is 1. The number of amides is 1. The molecule has 0 bridgehead atoms. The molecule has 0 aliphatic carbocycles. The van der Waals surface area contributed by atoms with Gasteiger partial charge in [-0.3, -0.25) is 14.6 Å². The molecule has 1 amide bonds. The van der Waals surface area contributed by atoms with Crippen molar-refractivity contribution in [2.75, 3.05) is 53.5 Å². The number of ether oxygens (including phenoxy) is 2. The van der Waals surface area contributed by atoms with E-state index in [0.29, 0.717) is 6.54 Å². The van der Waals surface area contributed by atoms with Crippen LogP contribution in [-0.4, -0.2) is 69.2 Å². The Morgan fingerprint density at radius 2 is 1.73 bits per heavy atom. The summed E-state index contributed by atoms with van der Waals surface area (Å²) in [6, 6.07) is 6.07. The fraction of sp³-hybridized carbons (Fsp3) is 0.650. The molecular weight excluding hydrogens is 330 g/mol. The Balaban J connectivity index is 1.72. The van der Waals surface area contributed by atoms with E-state index in [1.54, 1.807) is 14.2 Å². The number of nitrogens with one attached hydrogen (secondary N) is 1. The minimum absolute atomic E-state index is 0.148. The standard InChI is InChI=1S/C20H33N3O3/c1-4-5-6-9-21-20(24)16-23-12-10-22(11-13-23)15-17-7-8-18(25-2)19(14-17)26-3/h7-8,14H,4-6,9-13,15-16H2,1-3H3,(H,21,24). The number of nitrogens with zero attached hydrogens (tertiary/aromatic N) is 2. The van der Waals surface area contributed by atoms with Gasteiger partial charge in [-0.1, -0.05) is 25.8 Å². The topological polar surface area (TPSA) is 54.0 Å². The zero-order valence-electron chi connectivity index (χ0n) is 16.4. The van der Waals surface area contributed by atoms with Crippen LogP contribution < -0.4 is 14.8 Å². The van der Waals surface area contributed by atoms with E-state index in [2.05, 4.69) is 28.1 Å². The lowest BCUT2D eigenvalue weighted by atomic mass is 10.1. The molecule has 6 heteroatoms. The Morgan fingerprint density at radius 1 is 1.04 bits per heavy atom. The lowest BCUT2D eigenvalue weighted by Crippen LogP contribution is -2.49. The van der Waals surface area contributed by atoms with Gasteiger partial charge < -0.3 is 14.8 Å². The van der Waals surface area contributed by atoms with Crippen LogP contribution in [0.15, 0.2) is 18.2 Å². The van der Waals surface area contributed by atoms with Crippen LogP contribution in [0.4, 0.5) is 0 Å². The third-order valence-electron chi connectivity index (χ3n) is 4.79. The van der Waals surface area contributed by atoms with Crippen LogP contribution in [0.5, 0.6) is 11.5 Å². The molecule has 0 saturated carbocycles. The van der Waals surface area contributed by atoms with Gasteiger partial charge in [0.2, 0.25) is 5.91 Å². The second-order valence-electron chi connectivity index (χ2n) is 6.80. The normalized spacial score (nSPS) is 15.7. The van der Waals surface area contributed by atoms with Gasteiger partial charge in [0.25, 0.3) is 0 Å². The summed E-state index contributed by atoms with van der Waals surface area (Å²) in [6.07, 6.45) is 3.42. The molecule has 0 unspecified atom stereocenters. The highest BCUT2D eigenvalue weighted by Crippen LogP contribution is 2.28. The first kappa shape index (κ1) is 20.5. The summed E-state index contributed by atoms with van der Waals surface area (Å²) in [5.41, 5.74) is 1.21. The molecule has 1 fully saturated rings. The van der Waals surface area contributed by atoms with Crippen LogP contribution >= 0.6 is 0 Å².